The first-order chi connectivity index (χ1) is 5.81. The molecule has 3 nitrogen and oxygen atoms in total. The third-order valence-corrected chi connectivity index (χ3v) is 1.62. The fourth-order valence-electron chi connectivity index (χ4n) is 0.789. The third-order valence-electron chi connectivity index (χ3n) is 1.62. The highest BCUT2D eigenvalue weighted by atomic mass is 16.5. The van der Waals surface area contributed by atoms with E-state index in [0.717, 1.165) is 38.3 Å². The second-order valence-electron chi connectivity index (χ2n) is 2.67. The van der Waals surface area contributed by atoms with E-state index in [4.69, 9.17) is 4.74 Å². The monoisotopic (exact) mass is 172 g/mol. The minimum atomic E-state index is 0.794. The summed E-state index contributed by atoms with van der Waals surface area (Å²) in [6.45, 7) is 6.37. The Morgan fingerprint density at radius 2 is 2.08 bits per heavy atom. The lowest BCUT2D eigenvalue weighted by molar-refractivity contribution is 0.135. The normalized spacial score (nSPS) is 9.83. The molecule has 0 saturated heterocycles. The number of likely N-dealkylation sites (N-methyl/N-ethyl adjacent to an activating group) is 1. The number of rotatable bonds is 8. The Labute approximate surface area is 75.2 Å². The van der Waals surface area contributed by atoms with Crippen molar-refractivity contribution >= 4 is 0 Å². The predicted octanol–water partition coefficient (Wildman–Crippen LogP) is 0.736. The van der Waals surface area contributed by atoms with Crippen LogP contribution >= 0.6 is 0 Å². The molecule has 0 fully saturated rings. The molecule has 72 valence electrons. The van der Waals surface area contributed by atoms with Gasteiger partial charge in [-0.15, -0.1) is 0 Å². The molecule has 0 heterocycles. The zero-order valence-corrected chi connectivity index (χ0v) is 8.15. The lowest BCUT2D eigenvalue weighted by Crippen LogP contribution is -2.14. The number of hydrogen-bond donors (Lipinski definition) is 2. The third kappa shape index (κ3) is 7.57. The molecule has 0 unspecified atom stereocenters. The molecule has 0 atom stereocenters. The highest BCUT2D eigenvalue weighted by Gasteiger charge is 1.91. The minimum Gasteiger partial charge on any atom is -0.392 e. The van der Waals surface area contributed by atoms with Crippen LogP contribution in [-0.4, -0.2) is 33.9 Å². The summed E-state index contributed by atoms with van der Waals surface area (Å²) in [5.41, 5.74) is 1.08. The predicted molar refractivity (Wildman–Crippen MR) is 52.2 cm³/mol. The molecule has 2 N–H and O–H groups in total. The Bertz CT molecular complexity index is 115. The van der Waals surface area contributed by atoms with Crippen molar-refractivity contribution < 1.29 is 4.74 Å². The summed E-state index contributed by atoms with van der Waals surface area (Å²) in [5.74, 6) is 0. The van der Waals surface area contributed by atoms with Gasteiger partial charge in [0.2, 0.25) is 0 Å². The van der Waals surface area contributed by atoms with Crippen molar-refractivity contribution in [2.75, 3.05) is 33.9 Å². The summed E-state index contributed by atoms with van der Waals surface area (Å²) in [5, 5.41) is 6.03. The van der Waals surface area contributed by atoms with Crippen LogP contribution in [0, 0.1) is 0 Å². The molecule has 0 aliphatic heterocycles. The van der Waals surface area contributed by atoms with Gasteiger partial charge < -0.3 is 15.4 Å². The van der Waals surface area contributed by atoms with Crippen molar-refractivity contribution in [1.82, 2.24) is 10.6 Å². The number of allylic oxidation sites excluding steroid dienone is 1. The molecule has 0 aliphatic rings. The van der Waals surface area contributed by atoms with E-state index in [1.165, 1.54) is 0 Å². The van der Waals surface area contributed by atoms with E-state index in [2.05, 4.69) is 17.2 Å². The average Bonchev–Trinajstić information content (AvgIpc) is 2.10. The van der Waals surface area contributed by atoms with Crippen LogP contribution in [0.25, 0.3) is 0 Å². The van der Waals surface area contributed by atoms with Crippen LogP contribution in [0.1, 0.15) is 12.8 Å². The van der Waals surface area contributed by atoms with Crippen LogP contribution in [0.3, 0.4) is 0 Å². The fraction of sp³-hybridized carbons (Fsp3) is 0.778. The SMILES string of the molecule is C=C(CCCOCCNC)NC. The maximum atomic E-state index is 5.34. The van der Waals surface area contributed by atoms with E-state index >= 15 is 0 Å². The van der Waals surface area contributed by atoms with Crippen LogP contribution in [0.2, 0.25) is 0 Å². The second-order valence-corrected chi connectivity index (χ2v) is 2.67. The Kier molecular flexibility index (Phi) is 8.17. The van der Waals surface area contributed by atoms with Crippen LogP contribution in [0.4, 0.5) is 0 Å². The van der Waals surface area contributed by atoms with Gasteiger partial charge in [0.25, 0.3) is 0 Å². The average molecular weight is 172 g/mol. The van der Waals surface area contributed by atoms with Crippen molar-refractivity contribution in [3.05, 3.63) is 12.3 Å². The zero-order valence-electron chi connectivity index (χ0n) is 8.15. The largest absolute Gasteiger partial charge is 0.392 e. The van der Waals surface area contributed by atoms with Crippen molar-refractivity contribution in [3.63, 3.8) is 0 Å². The standard InChI is InChI=1S/C9H20N2O/c1-9(11-3)5-4-7-12-8-6-10-2/h10-11H,1,4-8H2,2-3H3. The first-order valence-corrected chi connectivity index (χ1v) is 4.39. The van der Waals surface area contributed by atoms with Gasteiger partial charge in [-0.2, -0.15) is 0 Å². The summed E-state index contributed by atoms with van der Waals surface area (Å²) < 4.78 is 5.34. The van der Waals surface area contributed by atoms with Crippen LogP contribution in [0.5, 0.6) is 0 Å². The molecule has 0 aromatic rings. The summed E-state index contributed by atoms with van der Waals surface area (Å²) in [6.07, 6.45) is 2.04. The molecule has 0 radical (unpaired) electrons. The van der Waals surface area contributed by atoms with E-state index in [0.29, 0.717) is 0 Å². The molecule has 0 aromatic carbocycles. The van der Waals surface area contributed by atoms with Gasteiger partial charge in [-0.05, 0) is 19.9 Å². The fourth-order valence-corrected chi connectivity index (χ4v) is 0.789. The Hall–Kier alpha value is -0.540. The molecule has 0 rings (SSSR count). The van der Waals surface area contributed by atoms with E-state index in [9.17, 15) is 0 Å². The summed E-state index contributed by atoms with van der Waals surface area (Å²) >= 11 is 0. The van der Waals surface area contributed by atoms with Crippen molar-refractivity contribution in [2.45, 2.75) is 12.8 Å². The molecule has 12 heavy (non-hydrogen) atoms. The second kappa shape index (κ2) is 8.56. The molecule has 0 saturated carbocycles. The van der Waals surface area contributed by atoms with Gasteiger partial charge in [-0.3, -0.25) is 0 Å². The van der Waals surface area contributed by atoms with E-state index < -0.39 is 0 Å². The Morgan fingerprint density at radius 1 is 1.33 bits per heavy atom. The molecule has 0 spiro atoms. The van der Waals surface area contributed by atoms with E-state index in [1.54, 1.807) is 0 Å². The summed E-state index contributed by atoms with van der Waals surface area (Å²) in [6, 6.07) is 0. The number of nitrogens with one attached hydrogen (secondary N) is 2. The minimum absolute atomic E-state index is 0.794. The maximum absolute atomic E-state index is 5.34. The smallest absolute Gasteiger partial charge is 0.0590 e. The van der Waals surface area contributed by atoms with Crippen LogP contribution < -0.4 is 10.6 Å². The van der Waals surface area contributed by atoms with Gasteiger partial charge in [0.05, 0.1) is 6.61 Å². The summed E-state index contributed by atoms with van der Waals surface area (Å²) in [4.78, 5) is 0. The number of hydrogen-bond acceptors (Lipinski definition) is 3. The molecular formula is C9H20N2O. The first-order valence-electron chi connectivity index (χ1n) is 4.39. The Balaban J connectivity index is 2.95. The van der Waals surface area contributed by atoms with Crippen LogP contribution in [0.15, 0.2) is 12.3 Å². The van der Waals surface area contributed by atoms with Gasteiger partial charge in [0.1, 0.15) is 0 Å². The lowest BCUT2D eigenvalue weighted by atomic mass is 10.3. The Morgan fingerprint density at radius 3 is 2.67 bits per heavy atom. The van der Waals surface area contributed by atoms with Gasteiger partial charge in [-0.25, -0.2) is 0 Å². The van der Waals surface area contributed by atoms with Gasteiger partial charge in [-0.1, -0.05) is 6.58 Å². The number of ether oxygens (including phenoxy) is 1. The van der Waals surface area contributed by atoms with Crippen LogP contribution in [-0.2, 0) is 4.74 Å². The van der Waals surface area contributed by atoms with Crippen molar-refractivity contribution in [2.24, 2.45) is 0 Å². The molecular weight excluding hydrogens is 152 g/mol. The molecule has 0 amide bonds. The van der Waals surface area contributed by atoms with Gasteiger partial charge in [0.15, 0.2) is 0 Å². The first kappa shape index (κ1) is 11.5. The summed E-state index contributed by atoms with van der Waals surface area (Å²) in [7, 11) is 3.82. The van der Waals surface area contributed by atoms with Crippen molar-refractivity contribution in [3.8, 4) is 0 Å². The van der Waals surface area contributed by atoms with E-state index in [1.807, 2.05) is 14.1 Å². The lowest BCUT2D eigenvalue weighted by Gasteiger charge is -2.05. The molecule has 0 bridgehead atoms. The van der Waals surface area contributed by atoms with E-state index in [-0.39, 0.29) is 0 Å². The van der Waals surface area contributed by atoms with Gasteiger partial charge >= 0.3 is 0 Å². The molecule has 0 aliphatic carbocycles. The topological polar surface area (TPSA) is 33.3 Å². The highest BCUT2D eigenvalue weighted by molar-refractivity contribution is 4.88. The maximum Gasteiger partial charge on any atom is 0.0590 e. The molecule has 0 aromatic heterocycles. The van der Waals surface area contributed by atoms with Gasteiger partial charge in [0, 0.05) is 25.9 Å². The highest BCUT2D eigenvalue weighted by Crippen LogP contribution is 1.97. The quantitative estimate of drug-likeness (QED) is 0.530. The molecule has 3 heteroatoms. The zero-order chi connectivity index (χ0) is 9.23. The van der Waals surface area contributed by atoms with Crippen molar-refractivity contribution in [1.29, 1.82) is 0 Å².